The molecule has 0 amide bonds. The van der Waals surface area contributed by atoms with E-state index in [4.69, 9.17) is 4.74 Å². The highest BCUT2D eigenvalue weighted by Crippen LogP contribution is 2.11. The zero-order chi connectivity index (χ0) is 11.1. The highest BCUT2D eigenvalue weighted by Gasteiger charge is 1.99. The molecule has 0 saturated heterocycles. The van der Waals surface area contributed by atoms with Gasteiger partial charge in [-0.15, -0.1) is 0 Å². The highest BCUT2D eigenvalue weighted by atomic mass is 16.5. The summed E-state index contributed by atoms with van der Waals surface area (Å²) >= 11 is 0. The Bertz CT molecular complexity index is 289. The first-order valence-electron chi connectivity index (χ1n) is 5.41. The molecule has 0 aliphatic rings. The van der Waals surface area contributed by atoms with E-state index in [-0.39, 0.29) is 0 Å². The zero-order valence-corrected chi connectivity index (χ0v) is 9.66. The summed E-state index contributed by atoms with van der Waals surface area (Å²) in [5, 5.41) is 3.23. The third-order valence-corrected chi connectivity index (χ3v) is 1.79. The molecule has 0 atom stereocenters. The van der Waals surface area contributed by atoms with E-state index in [0.717, 1.165) is 18.8 Å². The molecular formula is C11H19N3O. The minimum atomic E-state index is 0.597. The SMILES string of the molecule is CCCOc1cc(NCC(C)C)ncn1. The Morgan fingerprint density at radius 2 is 2.20 bits per heavy atom. The predicted molar refractivity (Wildman–Crippen MR) is 61.1 cm³/mol. The number of nitrogens with zero attached hydrogens (tertiary/aromatic N) is 2. The molecule has 1 aromatic heterocycles. The molecule has 0 unspecified atom stereocenters. The maximum Gasteiger partial charge on any atom is 0.218 e. The molecule has 84 valence electrons. The smallest absolute Gasteiger partial charge is 0.218 e. The topological polar surface area (TPSA) is 47.0 Å². The second kappa shape index (κ2) is 6.22. The maximum atomic E-state index is 5.41. The molecule has 0 saturated carbocycles. The van der Waals surface area contributed by atoms with Crippen LogP contribution in [0.3, 0.4) is 0 Å². The monoisotopic (exact) mass is 209 g/mol. The third-order valence-electron chi connectivity index (χ3n) is 1.79. The summed E-state index contributed by atoms with van der Waals surface area (Å²) in [6, 6.07) is 1.83. The van der Waals surface area contributed by atoms with Crippen molar-refractivity contribution >= 4 is 5.82 Å². The Balaban J connectivity index is 2.50. The minimum absolute atomic E-state index is 0.597. The van der Waals surface area contributed by atoms with Gasteiger partial charge in [0.1, 0.15) is 12.1 Å². The van der Waals surface area contributed by atoms with Gasteiger partial charge < -0.3 is 10.1 Å². The van der Waals surface area contributed by atoms with Crippen LogP contribution in [0.4, 0.5) is 5.82 Å². The van der Waals surface area contributed by atoms with E-state index in [1.807, 2.05) is 6.07 Å². The van der Waals surface area contributed by atoms with Gasteiger partial charge in [0.15, 0.2) is 0 Å². The molecule has 15 heavy (non-hydrogen) atoms. The van der Waals surface area contributed by atoms with Crippen molar-refractivity contribution < 1.29 is 4.74 Å². The van der Waals surface area contributed by atoms with Crippen molar-refractivity contribution in [2.75, 3.05) is 18.5 Å². The van der Waals surface area contributed by atoms with E-state index in [9.17, 15) is 0 Å². The van der Waals surface area contributed by atoms with E-state index in [1.54, 1.807) is 0 Å². The van der Waals surface area contributed by atoms with Crippen molar-refractivity contribution in [1.29, 1.82) is 0 Å². The van der Waals surface area contributed by atoms with Gasteiger partial charge in [0.25, 0.3) is 0 Å². The lowest BCUT2D eigenvalue weighted by Gasteiger charge is -2.09. The van der Waals surface area contributed by atoms with Crippen molar-refractivity contribution in [1.82, 2.24) is 9.97 Å². The molecule has 0 aliphatic carbocycles. The van der Waals surface area contributed by atoms with Crippen LogP contribution in [0.5, 0.6) is 5.88 Å². The zero-order valence-electron chi connectivity index (χ0n) is 9.66. The largest absolute Gasteiger partial charge is 0.478 e. The van der Waals surface area contributed by atoms with Crippen LogP contribution < -0.4 is 10.1 Å². The Morgan fingerprint density at radius 1 is 1.40 bits per heavy atom. The Morgan fingerprint density at radius 3 is 2.87 bits per heavy atom. The molecule has 1 N–H and O–H groups in total. The summed E-state index contributed by atoms with van der Waals surface area (Å²) < 4.78 is 5.41. The van der Waals surface area contributed by atoms with E-state index in [2.05, 4.69) is 36.1 Å². The van der Waals surface area contributed by atoms with Gasteiger partial charge in [0, 0.05) is 12.6 Å². The molecule has 4 nitrogen and oxygen atoms in total. The average Bonchev–Trinajstić information content (AvgIpc) is 2.24. The molecule has 0 radical (unpaired) electrons. The average molecular weight is 209 g/mol. The van der Waals surface area contributed by atoms with Crippen molar-refractivity contribution in [3.05, 3.63) is 12.4 Å². The lowest BCUT2D eigenvalue weighted by Crippen LogP contribution is -2.09. The van der Waals surface area contributed by atoms with Crippen LogP contribution in [-0.4, -0.2) is 23.1 Å². The maximum absolute atomic E-state index is 5.41. The van der Waals surface area contributed by atoms with Crippen molar-refractivity contribution in [3.8, 4) is 5.88 Å². The van der Waals surface area contributed by atoms with Gasteiger partial charge in [0.2, 0.25) is 5.88 Å². The molecular weight excluding hydrogens is 190 g/mol. The van der Waals surface area contributed by atoms with Crippen LogP contribution >= 0.6 is 0 Å². The summed E-state index contributed by atoms with van der Waals surface area (Å²) in [5.41, 5.74) is 0. The standard InChI is InChI=1S/C11H19N3O/c1-4-5-15-11-6-10(13-8-14-11)12-7-9(2)3/h6,8-9H,4-5,7H2,1-3H3,(H,12,13,14). The highest BCUT2D eigenvalue weighted by molar-refractivity contribution is 5.36. The molecule has 1 heterocycles. The van der Waals surface area contributed by atoms with Gasteiger partial charge >= 0.3 is 0 Å². The number of hydrogen-bond acceptors (Lipinski definition) is 4. The summed E-state index contributed by atoms with van der Waals surface area (Å²) in [4.78, 5) is 8.15. The number of anilines is 1. The van der Waals surface area contributed by atoms with Gasteiger partial charge in [-0.3, -0.25) is 0 Å². The summed E-state index contributed by atoms with van der Waals surface area (Å²) in [6.07, 6.45) is 2.51. The summed E-state index contributed by atoms with van der Waals surface area (Å²) in [6.45, 7) is 7.98. The van der Waals surface area contributed by atoms with Crippen molar-refractivity contribution in [3.63, 3.8) is 0 Å². The van der Waals surface area contributed by atoms with Gasteiger partial charge in [-0.25, -0.2) is 9.97 Å². The second-order valence-electron chi connectivity index (χ2n) is 3.86. The van der Waals surface area contributed by atoms with Crippen molar-refractivity contribution in [2.45, 2.75) is 27.2 Å². The van der Waals surface area contributed by atoms with Crippen LogP contribution in [0, 0.1) is 5.92 Å². The predicted octanol–water partition coefficient (Wildman–Crippen LogP) is 2.33. The Labute approximate surface area is 91.1 Å². The normalized spacial score (nSPS) is 10.4. The number of aromatic nitrogens is 2. The Kier molecular flexibility index (Phi) is 4.87. The molecule has 4 heteroatoms. The van der Waals surface area contributed by atoms with Gasteiger partial charge in [-0.2, -0.15) is 0 Å². The van der Waals surface area contributed by atoms with Crippen LogP contribution in [0.25, 0.3) is 0 Å². The summed E-state index contributed by atoms with van der Waals surface area (Å²) in [5.74, 6) is 2.06. The fraction of sp³-hybridized carbons (Fsp3) is 0.636. The number of ether oxygens (including phenoxy) is 1. The first-order valence-corrected chi connectivity index (χ1v) is 5.41. The van der Waals surface area contributed by atoms with Crippen LogP contribution in [0.15, 0.2) is 12.4 Å². The lowest BCUT2D eigenvalue weighted by molar-refractivity contribution is 0.305. The van der Waals surface area contributed by atoms with Crippen LogP contribution in [-0.2, 0) is 0 Å². The first kappa shape index (κ1) is 11.8. The Hall–Kier alpha value is -1.32. The third kappa shape index (κ3) is 4.63. The molecule has 0 bridgehead atoms. The molecule has 0 aromatic carbocycles. The van der Waals surface area contributed by atoms with Crippen molar-refractivity contribution in [2.24, 2.45) is 5.92 Å². The van der Waals surface area contributed by atoms with E-state index >= 15 is 0 Å². The lowest BCUT2D eigenvalue weighted by atomic mass is 10.2. The fourth-order valence-corrected chi connectivity index (χ4v) is 1.03. The molecule has 1 aromatic rings. The van der Waals surface area contributed by atoms with Gasteiger partial charge in [-0.1, -0.05) is 20.8 Å². The summed E-state index contributed by atoms with van der Waals surface area (Å²) in [7, 11) is 0. The number of hydrogen-bond donors (Lipinski definition) is 1. The fourth-order valence-electron chi connectivity index (χ4n) is 1.03. The number of nitrogens with one attached hydrogen (secondary N) is 1. The quantitative estimate of drug-likeness (QED) is 0.781. The van der Waals surface area contributed by atoms with E-state index in [1.165, 1.54) is 6.33 Å². The van der Waals surface area contributed by atoms with Gasteiger partial charge in [-0.05, 0) is 12.3 Å². The van der Waals surface area contributed by atoms with E-state index < -0.39 is 0 Å². The molecule has 0 spiro atoms. The number of rotatable bonds is 6. The molecule has 0 aliphatic heterocycles. The first-order chi connectivity index (χ1) is 7.22. The minimum Gasteiger partial charge on any atom is -0.478 e. The van der Waals surface area contributed by atoms with E-state index in [0.29, 0.717) is 18.4 Å². The second-order valence-corrected chi connectivity index (χ2v) is 3.86. The molecule has 1 rings (SSSR count). The van der Waals surface area contributed by atoms with Crippen LogP contribution in [0.1, 0.15) is 27.2 Å². The molecule has 0 fully saturated rings. The van der Waals surface area contributed by atoms with Gasteiger partial charge in [0.05, 0.1) is 6.61 Å². The van der Waals surface area contributed by atoms with Crippen LogP contribution in [0.2, 0.25) is 0 Å².